The third-order valence-electron chi connectivity index (χ3n) is 9.70. The van der Waals surface area contributed by atoms with Crippen LogP contribution in [-0.4, -0.2) is 17.8 Å². The summed E-state index contributed by atoms with van der Waals surface area (Å²) in [6.45, 7) is 8.54. The molecule has 2 nitrogen and oxygen atoms in total. The fourth-order valence-corrected chi connectivity index (χ4v) is 8.26. The second-order valence-corrected chi connectivity index (χ2v) is 10.8. The Labute approximate surface area is 161 Å². The summed E-state index contributed by atoms with van der Waals surface area (Å²) in [4.78, 5) is 0. The summed E-state index contributed by atoms with van der Waals surface area (Å²) >= 11 is 0. The first-order valence-electron chi connectivity index (χ1n) is 11.5. The normalized spacial score (nSPS) is 49.0. The number of fused-ring (bicyclic) bond motifs is 5. The fourth-order valence-electron chi connectivity index (χ4n) is 8.26. The van der Waals surface area contributed by atoms with Crippen LogP contribution in [0.3, 0.4) is 0 Å². The minimum atomic E-state index is -0.0843. The van der Waals surface area contributed by atoms with E-state index in [0.717, 1.165) is 49.0 Å². The van der Waals surface area contributed by atoms with Gasteiger partial charge in [-0.3, -0.25) is 0 Å². The van der Waals surface area contributed by atoms with E-state index in [9.17, 15) is 5.11 Å². The molecule has 1 unspecified atom stereocenters. The quantitative estimate of drug-likeness (QED) is 0.669. The van der Waals surface area contributed by atoms with Gasteiger partial charge in [0.05, 0.1) is 6.10 Å². The molecule has 0 bridgehead atoms. The van der Waals surface area contributed by atoms with Crippen molar-refractivity contribution in [2.75, 3.05) is 6.54 Å². The highest BCUT2D eigenvalue weighted by atomic mass is 16.3. The van der Waals surface area contributed by atoms with Crippen molar-refractivity contribution in [1.29, 1.82) is 0 Å². The lowest BCUT2D eigenvalue weighted by Gasteiger charge is -2.58. The van der Waals surface area contributed by atoms with Gasteiger partial charge in [-0.25, -0.2) is 0 Å². The van der Waals surface area contributed by atoms with Crippen molar-refractivity contribution in [2.24, 2.45) is 46.2 Å². The molecule has 26 heavy (non-hydrogen) atoms. The highest BCUT2D eigenvalue weighted by Crippen LogP contribution is 2.67. The van der Waals surface area contributed by atoms with Gasteiger partial charge in [0.15, 0.2) is 0 Å². The summed E-state index contributed by atoms with van der Waals surface area (Å²) < 4.78 is 0. The number of aliphatic hydroxyl groups is 1. The molecule has 0 aliphatic heterocycles. The number of allylic oxidation sites excluding steroid dienone is 1. The van der Waals surface area contributed by atoms with Crippen LogP contribution in [0, 0.1) is 40.4 Å². The molecule has 0 saturated heterocycles. The van der Waals surface area contributed by atoms with Crippen LogP contribution in [-0.2, 0) is 0 Å². The zero-order valence-corrected chi connectivity index (χ0v) is 17.3. The summed E-state index contributed by atoms with van der Waals surface area (Å²) in [7, 11) is 0. The van der Waals surface area contributed by atoms with E-state index in [-0.39, 0.29) is 6.10 Å². The maximum atomic E-state index is 10.2. The molecule has 0 radical (unpaired) electrons. The van der Waals surface area contributed by atoms with E-state index in [1.165, 1.54) is 51.4 Å². The van der Waals surface area contributed by atoms with Crippen LogP contribution in [0.2, 0.25) is 0 Å². The second-order valence-electron chi connectivity index (χ2n) is 10.8. The highest BCUT2D eigenvalue weighted by molar-refractivity contribution is 5.25. The average Bonchev–Trinajstić information content (AvgIpc) is 2.97. The Bertz CT molecular complexity index is 556. The monoisotopic (exact) mass is 359 g/mol. The lowest BCUT2D eigenvalue weighted by Crippen LogP contribution is -2.50. The Kier molecular flexibility index (Phi) is 5.06. The van der Waals surface area contributed by atoms with E-state index in [0.29, 0.717) is 10.8 Å². The molecular weight excluding hydrogens is 318 g/mol. The topological polar surface area (TPSA) is 46.2 Å². The minimum absolute atomic E-state index is 0.0843. The van der Waals surface area contributed by atoms with Crippen molar-refractivity contribution >= 4 is 0 Å². The Morgan fingerprint density at radius 1 is 1.15 bits per heavy atom. The average molecular weight is 360 g/mol. The second kappa shape index (κ2) is 6.92. The van der Waals surface area contributed by atoms with Gasteiger partial charge in [-0.05, 0) is 111 Å². The Hall–Kier alpha value is -0.340. The predicted octanol–water partition coefficient (Wildman–Crippen LogP) is 5.30. The summed E-state index contributed by atoms with van der Waals surface area (Å²) in [6.07, 6.45) is 15.2. The van der Waals surface area contributed by atoms with Crippen molar-refractivity contribution in [3.05, 3.63) is 11.6 Å². The molecule has 148 valence electrons. The first kappa shape index (κ1) is 19.0. The van der Waals surface area contributed by atoms with E-state index >= 15 is 0 Å². The van der Waals surface area contributed by atoms with Gasteiger partial charge in [0.1, 0.15) is 0 Å². The van der Waals surface area contributed by atoms with Gasteiger partial charge < -0.3 is 10.8 Å². The third kappa shape index (κ3) is 2.82. The Morgan fingerprint density at radius 2 is 1.96 bits per heavy atom. The first-order valence-corrected chi connectivity index (χ1v) is 11.5. The van der Waals surface area contributed by atoms with Crippen LogP contribution < -0.4 is 5.73 Å². The molecule has 2 heteroatoms. The van der Waals surface area contributed by atoms with Crippen LogP contribution in [0.15, 0.2) is 11.6 Å². The molecule has 4 rings (SSSR count). The number of nitrogens with two attached hydrogens (primary N) is 1. The maximum Gasteiger partial charge on any atom is 0.0577 e. The van der Waals surface area contributed by atoms with E-state index in [2.05, 4.69) is 26.8 Å². The largest absolute Gasteiger partial charge is 0.393 e. The number of hydrogen-bond donors (Lipinski definition) is 2. The van der Waals surface area contributed by atoms with Crippen LogP contribution >= 0.6 is 0 Å². The molecule has 0 aromatic heterocycles. The molecular formula is C24H41NO. The van der Waals surface area contributed by atoms with Gasteiger partial charge in [-0.1, -0.05) is 32.4 Å². The summed E-state index contributed by atoms with van der Waals surface area (Å²) in [5.41, 5.74) is 8.34. The predicted molar refractivity (Wildman–Crippen MR) is 109 cm³/mol. The molecule has 4 aliphatic rings. The lowest BCUT2D eigenvalue weighted by atomic mass is 9.47. The molecule has 0 heterocycles. The van der Waals surface area contributed by atoms with E-state index in [4.69, 9.17) is 5.73 Å². The van der Waals surface area contributed by atoms with Gasteiger partial charge in [0, 0.05) is 0 Å². The fraction of sp³-hybridized carbons (Fsp3) is 0.917. The SMILES string of the molecule is CC(CCCN)[C@H]1CC[C@H]2[C@@H]3CC=C4C[C@@H](O)CC[C@]4(C)[C@H]3CC[C@]12C. The zero-order chi connectivity index (χ0) is 18.5. The van der Waals surface area contributed by atoms with Crippen molar-refractivity contribution in [2.45, 2.75) is 91.1 Å². The van der Waals surface area contributed by atoms with Crippen molar-refractivity contribution < 1.29 is 5.11 Å². The number of hydrogen-bond acceptors (Lipinski definition) is 2. The molecule has 3 N–H and O–H groups in total. The molecule has 8 atom stereocenters. The van der Waals surface area contributed by atoms with Crippen LogP contribution in [0.4, 0.5) is 0 Å². The summed E-state index contributed by atoms with van der Waals surface area (Å²) in [5.74, 6) is 4.43. The van der Waals surface area contributed by atoms with Gasteiger partial charge in [0.25, 0.3) is 0 Å². The molecule has 3 fully saturated rings. The van der Waals surface area contributed by atoms with Crippen LogP contribution in [0.5, 0.6) is 0 Å². The molecule has 0 spiro atoms. The summed E-state index contributed by atoms with van der Waals surface area (Å²) in [5, 5.41) is 10.2. The van der Waals surface area contributed by atoms with Crippen molar-refractivity contribution in [3.63, 3.8) is 0 Å². The lowest BCUT2D eigenvalue weighted by molar-refractivity contribution is -0.0572. The van der Waals surface area contributed by atoms with Gasteiger partial charge >= 0.3 is 0 Å². The van der Waals surface area contributed by atoms with Gasteiger partial charge in [-0.2, -0.15) is 0 Å². The summed E-state index contributed by atoms with van der Waals surface area (Å²) in [6, 6.07) is 0. The first-order chi connectivity index (χ1) is 12.4. The van der Waals surface area contributed by atoms with Crippen LogP contribution in [0.1, 0.15) is 85.0 Å². The molecule has 4 aliphatic carbocycles. The van der Waals surface area contributed by atoms with Crippen molar-refractivity contribution in [3.8, 4) is 0 Å². The maximum absolute atomic E-state index is 10.2. The smallest absolute Gasteiger partial charge is 0.0577 e. The third-order valence-corrected chi connectivity index (χ3v) is 9.70. The molecule has 0 amide bonds. The number of rotatable bonds is 4. The van der Waals surface area contributed by atoms with Gasteiger partial charge in [-0.15, -0.1) is 0 Å². The molecule has 0 aromatic rings. The van der Waals surface area contributed by atoms with E-state index in [1.54, 1.807) is 5.57 Å². The Balaban J connectivity index is 1.56. The molecule has 3 saturated carbocycles. The van der Waals surface area contributed by atoms with E-state index < -0.39 is 0 Å². The Morgan fingerprint density at radius 3 is 2.73 bits per heavy atom. The van der Waals surface area contributed by atoms with Gasteiger partial charge in [0.2, 0.25) is 0 Å². The molecule has 0 aromatic carbocycles. The van der Waals surface area contributed by atoms with Crippen molar-refractivity contribution in [1.82, 2.24) is 0 Å². The van der Waals surface area contributed by atoms with Crippen LogP contribution in [0.25, 0.3) is 0 Å². The number of aliphatic hydroxyl groups excluding tert-OH is 1. The zero-order valence-electron chi connectivity index (χ0n) is 17.3. The minimum Gasteiger partial charge on any atom is -0.393 e. The highest BCUT2D eigenvalue weighted by Gasteiger charge is 2.58. The standard InChI is InChI=1S/C24H41NO/c1-16(5-4-14-25)20-8-9-21-19-7-6-17-15-18(26)10-12-23(17,2)22(19)11-13-24(20,21)3/h6,16,18-22,26H,4-5,7-15,25H2,1-3H3/t16?,18-,19-,20+,21-,22-,23-,24+/m0/s1. The van der Waals surface area contributed by atoms with E-state index in [1.807, 2.05) is 0 Å².